The summed E-state index contributed by atoms with van der Waals surface area (Å²) in [5, 5.41) is 4.62. The zero-order valence-corrected chi connectivity index (χ0v) is 8.64. The summed E-state index contributed by atoms with van der Waals surface area (Å²) in [6.07, 6.45) is 0.592. The Balaban J connectivity index is 2.37. The van der Waals surface area contributed by atoms with E-state index in [0.717, 1.165) is 13.1 Å². The molecule has 13 heavy (non-hydrogen) atoms. The molecule has 1 N–H and O–H groups in total. The van der Waals surface area contributed by atoms with Crippen molar-refractivity contribution in [1.29, 1.82) is 0 Å². The van der Waals surface area contributed by atoms with Gasteiger partial charge in [-0.05, 0) is 6.42 Å². The minimum atomic E-state index is -3.33. The molecule has 1 fully saturated rings. The third kappa shape index (κ3) is 4.04. The molecule has 1 saturated heterocycles. The second-order valence-electron chi connectivity index (χ2n) is 3.02. The lowest BCUT2D eigenvalue weighted by molar-refractivity contribution is -0.0596. The SMILES string of the molecule is CCCS(=O)(=O)ON1CCNCC1. The molecule has 78 valence electrons. The molecule has 0 spiro atoms. The van der Waals surface area contributed by atoms with Gasteiger partial charge >= 0.3 is 0 Å². The highest BCUT2D eigenvalue weighted by Gasteiger charge is 2.18. The van der Waals surface area contributed by atoms with Crippen molar-refractivity contribution in [2.75, 3.05) is 31.9 Å². The van der Waals surface area contributed by atoms with Crippen molar-refractivity contribution in [2.45, 2.75) is 13.3 Å². The molecule has 1 aliphatic rings. The van der Waals surface area contributed by atoms with Crippen LogP contribution in [0.1, 0.15) is 13.3 Å². The number of nitrogens with one attached hydrogen (secondary N) is 1. The average Bonchev–Trinajstić information content (AvgIpc) is 2.04. The standard InChI is InChI=1S/C7H16N2O3S/c1-2-7-13(10,11)12-9-5-3-8-4-6-9/h8H,2-7H2,1H3. The molecule has 0 aliphatic carbocycles. The zero-order valence-electron chi connectivity index (χ0n) is 7.82. The molecule has 0 unspecified atom stereocenters. The first-order valence-corrected chi connectivity index (χ1v) is 6.10. The largest absolute Gasteiger partial charge is 0.314 e. The normalized spacial score (nSPS) is 20.4. The number of nitrogens with zero attached hydrogens (tertiary/aromatic N) is 1. The molecule has 6 heteroatoms. The van der Waals surface area contributed by atoms with E-state index in [1.807, 2.05) is 6.92 Å². The molecule has 0 amide bonds. The summed E-state index contributed by atoms with van der Waals surface area (Å²) >= 11 is 0. The van der Waals surface area contributed by atoms with Crippen LogP contribution in [0.25, 0.3) is 0 Å². The Morgan fingerprint density at radius 1 is 1.38 bits per heavy atom. The fourth-order valence-electron chi connectivity index (χ4n) is 1.17. The second-order valence-corrected chi connectivity index (χ2v) is 4.69. The van der Waals surface area contributed by atoms with Crippen LogP contribution in [-0.2, 0) is 14.4 Å². The van der Waals surface area contributed by atoms with Crippen molar-refractivity contribution in [3.63, 3.8) is 0 Å². The van der Waals surface area contributed by atoms with E-state index < -0.39 is 10.1 Å². The van der Waals surface area contributed by atoms with Crippen molar-refractivity contribution in [1.82, 2.24) is 10.4 Å². The van der Waals surface area contributed by atoms with Crippen molar-refractivity contribution in [3.05, 3.63) is 0 Å². The fourth-order valence-corrected chi connectivity index (χ4v) is 2.21. The molecule has 1 heterocycles. The minimum absolute atomic E-state index is 0.0942. The second kappa shape index (κ2) is 4.90. The van der Waals surface area contributed by atoms with Crippen LogP contribution in [0.3, 0.4) is 0 Å². The van der Waals surface area contributed by atoms with Gasteiger partial charge in [0.2, 0.25) is 0 Å². The molecule has 0 saturated carbocycles. The number of hydrogen-bond donors (Lipinski definition) is 1. The van der Waals surface area contributed by atoms with Gasteiger partial charge in [0.05, 0.1) is 5.75 Å². The Morgan fingerprint density at radius 3 is 2.54 bits per heavy atom. The van der Waals surface area contributed by atoms with Crippen LogP contribution in [0.15, 0.2) is 0 Å². The summed E-state index contributed by atoms with van der Waals surface area (Å²) in [4.78, 5) is 0. The molecule has 0 atom stereocenters. The predicted octanol–water partition coefficient (Wildman–Crippen LogP) is -0.437. The molecule has 0 aromatic rings. The Labute approximate surface area is 79.1 Å². The van der Waals surface area contributed by atoms with E-state index in [1.165, 1.54) is 5.06 Å². The van der Waals surface area contributed by atoms with E-state index in [-0.39, 0.29) is 5.75 Å². The summed E-state index contributed by atoms with van der Waals surface area (Å²) in [7, 11) is -3.33. The molecule has 1 aliphatic heterocycles. The van der Waals surface area contributed by atoms with Gasteiger partial charge in [-0.2, -0.15) is 17.8 Å². The summed E-state index contributed by atoms with van der Waals surface area (Å²) in [6, 6.07) is 0. The van der Waals surface area contributed by atoms with Crippen LogP contribution < -0.4 is 5.32 Å². The lowest BCUT2D eigenvalue weighted by atomic mass is 10.4. The van der Waals surface area contributed by atoms with Crippen LogP contribution in [-0.4, -0.2) is 45.4 Å². The zero-order chi connectivity index (χ0) is 9.73. The summed E-state index contributed by atoms with van der Waals surface area (Å²) in [5.74, 6) is 0.0942. The maximum absolute atomic E-state index is 11.2. The first kappa shape index (κ1) is 10.9. The highest BCUT2D eigenvalue weighted by atomic mass is 32.2. The monoisotopic (exact) mass is 208 g/mol. The van der Waals surface area contributed by atoms with E-state index in [9.17, 15) is 8.42 Å². The lowest BCUT2D eigenvalue weighted by Gasteiger charge is -2.25. The number of rotatable bonds is 4. The van der Waals surface area contributed by atoms with Crippen LogP contribution in [0.2, 0.25) is 0 Å². The summed E-state index contributed by atoms with van der Waals surface area (Å²) < 4.78 is 27.3. The van der Waals surface area contributed by atoms with Crippen LogP contribution in [0, 0.1) is 0 Å². The summed E-state index contributed by atoms with van der Waals surface area (Å²) in [6.45, 7) is 4.63. The molecule has 5 nitrogen and oxygen atoms in total. The molecule has 1 rings (SSSR count). The predicted molar refractivity (Wildman–Crippen MR) is 49.6 cm³/mol. The van der Waals surface area contributed by atoms with Crippen molar-refractivity contribution in [3.8, 4) is 0 Å². The Bertz CT molecular complexity index is 234. The van der Waals surface area contributed by atoms with Gasteiger partial charge < -0.3 is 5.32 Å². The number of hydroxylamine groups is 2. The molecule has 0 radical (unpaired) electrons. The van der Waals surface area contributed by atoms with Crippen molar-refractivity contribution < 1.29 is 12.7 Å². The van der Waals surface area contributed by atoms with Gasteiger partial charge in [-0.25, -0.2) is 0 Å². The van der Waals surface area contributed by atoms with Crippen LogP contribution >= 0.6 is 0 Å². The third-order valence-corrected chi connectivity index (χ3v) is 3.10. The maximum Gasteiger partial charge on any atom is 0.283 e. The minimum Gasteiger partial charge on any atom is -0.314 e. The van der Waals surface area contributed by atoms with Crippen LogP contribution in [0.4, 0.5) is 0 Å². The highest BCUT2D eigenvalue weighted by molar-refractivity contribution is 7.86. The van der Waals surface area contributed by atoms with Crippen LogP contribution in [0.5, 0.6) is 0 Å². The van der Waals surface area contributed by atoms with E-state index in [1.54, 1.807) is 0 Å². The Kier molecular flexibility index (Phi) is 4.11. The van der Waals surface area contributed by atoms with Gasteiger partial charge in [-0.3, -0.25) is 0 Å². The van der Waals surface area contributed by atoms with Crippen molar-refractivity contribution in [2.24, 2.45) is 0 Å². The Hall–Kier alpha value is -0.170. The van der Waals surface area contributed by atoms with E-state index in [2.05, 4.69) is 5.32 Å². The molecular weight excluding hydrogens is 192 g/mol. The lowest BCUT2D eigenvalue weighted by Crippen LogP contribution is -2.44. The van der Waals surface area contributed by atoms with Gasteiger partial charge in [0.15, 0.2) is 0 Å². The smallest absolute Gasteiger partial charge is 0.283 e. The molecule has 0 bridgehead atoms. The van der Waals surface area contributed by atoms with Gasteiger partial charge in [-0.15, -0.1) is 0 Å². The van der Waals surface area contributed by atoms with Gasteiger partial charge in [0.1, 0.15) is 0 Å². The van der Waals surface area contributed by atoms with E-state index in [0.29, 0.717) is 19.5 Å². The maximum atomic E-state index is 11.2. The highest BCUT2D eigenvalue weighted by Crippen LogP contribution is 2.02. The van der Waals surface area contributed by atoms with Crippen molar-refractivity contribution >= 4 is 10.1 Å². The van der Waals surface area contributed by atoms with Gasteiger partial charge in [0, 0.05) is 26.2 Å². The first-order valence-electron chi connectivity index (χ1n) is 4.52. The fraction of sp³-hybridized carbons (Fsp3) is 1.00. The molecule has 0 aromatic heterocycles. The molecular formula is C7H16N2O3S. The van der Waals surface area contributed by atoms with Gasteiger partial charge in [-0.1, -0.05) is 6.92 Å². The van der Waals surface area contributed by atoms with Gasteiger partial charge in [0.25, 0.3) is 10.1 Å². The van der Waals surface area contributed by atoms with E-state index in [4.69, 9.17) is 4.28 Å². The quantitative estimate of drug-likeness (QED) is 0.679. The Morgan fingerprint density at radius 2 is 2.00 bits per heavy atom. The molecule has 0 aromatic carbocycles. The van der Waals surface area contributed by atoms with E-state index >= 15 is 0 Å². The topological polar surface area (TPSA) is 58.6 Å². The summed E-state index contributed by atoms with van der Waals surface area (Å²) in [5.41, 5.74) is 0. The third-order valence-electron chi connectivity index (χ3n) is 1.75. The number of piperazine rings is 1. The number of hydrogen-bond acceptors (Lipinski definition) is 5. The first-order chi connectivity index (χ1) is 6.14. The average molecular weight is 208 g/mol.